The van der Waals surface area contributed by atoms with E-state index in [0.717, 1.165) is 17.5 Å². The molecular weight excluding hydrogens is 349 g/mol. The average molecular weight is 386 g/mol. The maximum Gasteiger partial charge on any atom is 0.122 e. The number of anilines is 1. The fourth-order valence-corrected chi connectivity index (χ4v) is 5.59. The van der Waals surface area contributed by atoms with Gasteiger partial charge in [-0.15, -0.1) is 0 Å². The molecule has 2 aromatic rings. The summed E-state index contributed by atoms with van der Waals surface area (Å²) in [6.45, 7) is 17.8. The minimum atomic E-state index is -0.0867. The predicted octanol–water partition coefficient (Wildman–Crippen LogP) is 6.26. The summed E-state index contributed by atoms with van der Waals surface area (Å²) in [5.41, 5.74) is 4.69. The van der Waals surface area contributed by atoms with Gasteiger partial charge >= 0.3 is 0 Å². The van der Waals surface area contributed by atoms with Crippen LogP contribution in [0.1, 0.15) is 64.7 Å². The van der Waals surface area contributed by atoms with Crippen LogP contribution < -0.4 is 10.2 Å². The molecule has 0 bridgehead atoms. The molecule has 0 spiro atoms. The lowest BCUT2D eigenvalue weighted by atomic mass is 9.94. The van der Waals surface area contributed by atoms with Crippen molar-refractivity contribution >= 4 is 19.6 Å². The molecule has 0 aromatic heterocycles. The van der Waals surface area contributed by atoms with Crippen molar-refractivity contribution < 1.29 is 5.11 Å². The first-order chi connectivity index (χ1) is 12.6. The molecule has 0 heterocycles. The van der Waals surface area contributed by atoms with E-state index >= 15 is 0 Å². The summed E-state index contributed by atoms with van der Waals surface area (Å²) < 4.78 is 0. The Hall–Kier alpha value is -1.53. The lowest BCUT2D eigenvalue weighted by molar-refractivity contribution is 0.452. The molecule has 0 aliphatic carbocycles. The molecule has 0 amide bonds. The van der Waals surface area contributed by atoms with E-state index in [0.29, 0.717) is 26.4 Å². The number of aromatic hydroxyl groups is 1. The van der Waals surface area contributed by atoms with Gasteiger partial charge in [0.05, 0.1) is 0 Å². The smallest absolute Gasteiger partial charge is 0.122 e. The third kappa shape index (κ3) is 4.49. The highest BCUT2D eigenvalue weighted by molar-refractivity contribution is 7.49. The van der Waals surface area contributed by atoms with Crippen LogP contribution in [0.3, 0.4) is 0 Å². The van der Waals surface area contributed by atoms with Crippen molar-refractivity contribution in [2.45, 2.75) is 79.1 Å². The summed E-state index contributed by atoms with van der Waals surface area (Å²) in [4.78, 5) is 2.52. The molecule has 1 N–H and O–H groups in total. The van der Waals surface area contributed by atoms with E-state index in [9.17, 15) is 5.11 Å². The molecular formula is C24H36NOP. The predicted molar refractivity (Wildman–Crippen MR) is 122 cm³/mol. The second-order valence-electron chi connectivity index (χ2n) is 8.35. The van der Waals surface area contributed by atoms with Gasteiger partial charge in [0.2, 0.25) is 0 Å². The SMILES string of the molecule is CCC(C)(Pc1c(C)cccc1N(C(C)C)C(C)C)c1cccc(C)c1O. The number of hydrogen-bond acceptors (Lipinski definition) is 2. The molecule has 3 heteroatoms. The Labute approximate surface area is 167 Å². The molecule has 0 fully saturated rings. The van der Waals surface area contributed by atoms with E-state index in [4.69, 9.17) is 0 Å². The van der Waals surface area contributed by atoms with Crippen molar-refractivity contribution in [2.75, 3.05) is 4.90 Å². The Bertz CT molecular complexity index is 776. The number of phenols is 1. The van der Waals surface area contributed by atoms with Crippen molar-refractivity contribution in [2.24, 2.45) is 0 Å². The summed E-state index contributed by atoms with van der Waals surface area (Å²) in [7, 11) is 0.593. The average Bonchev–Trinajstić information content (AvgIpc) is 2.59. The maximum absolute atomic E-state index is 10.8. The lowest BCUT2D eigenvalue weighted by Crippen LogP contribution is -2.40. The highest BCUT2D eigenvalue weighted by atomic mass is 31.1. The van der Waals surface area contributed by atoms with E-state index in [1.807, 2.05) is 13.0 Å². The molecule has 0 saturated carbocycles. The largest absolute Gasteiger partial charge is 0.507 e. The van der Waals surface area contributed by atoms with Crippen LogP contribution in [0.4, 0.5) is 5.69 Å². The molecule has 2 nitrogen and oxygen atoms in total. The Morgan fingerprint density at radius 3 is 2.07 bits per heavy atom. The summed E-state index contributed by atoms with van der Waals surface area (Å²) in [6, 6.07) is 13.7. The second-order valence-corrected chi connectivity index (χ2v) is 10.2. The number of para-hydroxylation sites is 1. The molecule has 0 aliphatic rings. The fraction of sp³-hybridized carbons (Fsp3) is 0.500. The molecule has 2 aromatic carbocycles. The van der Waals surface area contributed by atoms with Crippen LogP contribution in [0, 0.1) is 13.8 Å². The molecule has 2 atom stereocenters. The first-order valence-electron chi connectivity index (χ1n) is 10.1. The van der Waals surface area contributed by atoms with Gasteiger partial charge in [0.25, 0.3) is 0 Å². The minimum absolute atomic E-state index is 0.0867. The topological polar surface area (TPSA) is 23.5 Å². The minimum Gasteiger partial charge on any atom is -0.507 e. The Kier molecular flexibility index (Phi) is 6.98. The molecule has 2 rings (SSSR count). The van der Waals surface area contributed by atoms with Crippen LogP contribution in [0.15, 0.2) is 36.4 Å². The fourth-order valence-electron chi connectivity index (χ4n) is 3.91. The number of rotatable bonds is 7. The van der Waals surface area contributed by atoms with Crippen molar-refractivity contribution in [1.29, 1.82) is 0 Å². The van der Waals surface area contributed by atoms with Gasteiger partial charge in [0.15, 0.2) is 0 Å². The zero-order valence-corrected chi connectivity index (χ0v) is 19.2. The van der Waals surface area contributed by atoms with E-state index in [1.54, 1.807) is 0 Å². The molecule has 27 heavy (non-hydrogen) atoms. The molecule has 2 unspecified atom stereocenters. The van der Waals surface area contributed by atoms with Crippen molar-refractivity contribution in [3.63, 3.8) is 0 Å². The Balaban J connectivity index is 2.59. The van der Waals surface area contributed by atoms with Crippen LogP contribution in [0.2, 0.25) is 0 Å². The summed E-state index contributed by atoms with van der Waals surface area (Å²) in [5, 5.41) is 12.1. The lowest BCUT2D eigenvalue weighted by Gasteiger charge is -2.38. The van der Waals surface area contributed by atoms with Gasteiger partial charge in [-0.2, -0.15) is 0 Å². The zero-order valence-electron chi connectivity index (χ0n) is 18.2. The molecule has 0 aliphatic heterocycles. The quantitative estimate of drug-likeness (QED) is 0.569. The van der Waals surface area contributed by atoms with Crippen LogP contribution in [-0.2, 0) is 5.16 Å². The summed E-state index contributed by atoms with van der Waals surface area (Å²) >= 11 is 0. The normalized spacial score (nSPS) is 14.3. The van der Waals surface area contributed by atoms with Crippen molar-refractivity contribution in [3.05, 3.63) is 53.1 Å². The molecule has 0 saturated heterocycles. The van der Waals surface area contributed by atoms with Gasteiger partial charge in [-0.3, -0.25) is 0 Å². The molecule has 148 valence electrons. The van der Waals surface area contributed by atoms with Crippen molar-refractivity contribution in [3.8, 4) is 5.75 Å². The van der Waals surface area contributed by atoms with E-state index in [-0.39, 0.29) is 5.16 Å². The van der Waals surface area contributed by atoms with Gasteiger partial charge < -0.3 is 10.0 Å². The molecule has 0 radical (unpaired) electrons. The summed E-state index contributed by atoms with van der Waals surface area (Å²) in [6.07, 6.45) is 0.986. The van der Waals surface area contributed by atoms with Gasteiger partial charge in [0, 0.05) is 28.5 Å². The highest BCUT2D eigenvalue weighted by Crippen LogP contribution is 2.49. The van der Waals surface area contributed by atoms with Crippen LogP contribution >= 0.6 is 8.58 Å². The first kappa shape index (κ1) is 21.8. The van der Waals surface area contributed by atoms with Crippen LogP contribution in [0.5, 0.6) is 5.75 Å². The third-order valence-electron chi connectivity index (χ3n) is 5.58. The standard InChI is InChI=1S/C24H36NOP/c1-9-24(8,20-14-10-12-18(6)22(20)26)27-23-19(7)13-11-15-21(23)25(16(2)3)17(4)5/h10-17,26-27H,9H2,1-8H3. The van der Waals surface area contributed by atoms with Crippen LogP contribution in [0.25, 0.3) is 0 Å². The van der Waals surface area contributed by atoms with E-state index in [1.165, 1.54) is 16.6 Å². The van der Waals surface area contributed by atoms with Gasteiger partial charge in [0.1, 0.15) is 5.75 Å². The van der Waals surface area contributed by atoms with Crippen molar-refractivity contribution in [1.82, 2.24) is 0 Å². The Morgan fingerprint density at radius 1 is 0.963 bits per heavy atom. The van der Waals surface area contributed by atoms with E-state index < -0.39 is 0 Å². The first-order valence-corrected chi connectivity index (χ1v) is 11.1. The summed E-state index contributed by atoms with van der Waals surface area (Å²) in [5.74, 6) is 0.453. The van der Waals surface area contributed by atoms with Crippen LogP contribution in [-0.4, -0.2) is 17.2 Å². The maximum atomic E-state index is 10.8. The second kappa shape index (κ2) is 8.65. The number of benzene rings is 2. The third-order valence-corrected chi connectivity index (χ3v) is 7.66. The number of nitrogens with zero attached hydrogens (tertiary/aromatic N) is 1. The number of aryl methyl sites for hydroxylation is 2. The van der Waals surface area contributed by atoms with E-state index in [2.05, 4.69) is 83.7 Å². The monoisotopic (exact) mass is 385 g/mol. The number of hydrogen-bond donors (Lipinski definition) is 1. The zero-order chi connectivity index (χ0) is 20.4. The Morgan fingerprint density at radius 2 is 1.52 bits per heavy atom. The highest BCUT2D eigenvalue weighted by Gasteiger charge is 2.31. The number of phenolic OH excluding ortho intramolecular Hbond substituents is 1. The van der Waals surface area contributed by atoms with Gasteiger partial charge in [-0.05, 0) is 70.5 Å². The van der Waals surface area contributed by atoms with Gasteiger partial charge in [-0.25, -0.2) is 0 Å². The van der Waals surface area contributed by atoms with Gasteiger partial charge in [-0.1, -0.05) is 52.8 Å².